The van der Waals surface area contributed by atoms with E-state index in [2.05, 4.69) is 27.6 Å². The van der Waals surface area contributed by atoms with Gasteiger partial charge in [0.2, 0.25) is 0 Å². The van der Waals surface area contributed by atoms with Crippen LogP contribution in [0.5, 0.6) is 0 Å². The summed E-state index contributed by atoms with van der Waals surface area (Å²) >= 11 is 9.59. The van der Waals surface area contributed by atoms with Crippen molar-refractivity contribution in [1.29, 1.82) is 0 Å². The highest BCUT2D eigenvalue weighted by Crippen LogP contribution is 2.37. The number of pyridine rings is 1. The number of anilines is 1. The molecule has 7 heteroatoms. The fraction of sp³-hybridized carbons (Fsp3) is 0. The van der Waals surface area contributed by atoms with E-state index in [4.69, 9.17) is 27.2 Å². The van der Waals surface area contributed by atoms with E-state index in [1.807, 2.05) is 0 Å². The number of halogens is 2. The number of fused-ring (bicyclic) bond motifs is 1. The molecule has 0 saturated carbocycles. The summed E-state index contributed by atoms with van der Waals surface area (Å²) in [6.07, 6.45) is 1.70. The molecule has 0 spiro atoms. The van der Waals surface area contributed by atoms with Crippen LogP contribution in [-0.4, -0.2) is 16.6 Å². The van der Waals surface area contributed by atoms with Crippen LogP contribution in [0.25, 0.3) is 10.2 Å². The summed E-state index contributed by atoms with van der Waals surface area (Å²) in [6.45, 7) is -0.250. The molecule has 0 aromatic carbocycles. The van der Waals surface area contributed by atoms with Gasteiger partial charge in [0.05, 0.1) is 19.5 Å². The van der Waals surface area contributed by atoms with Crippen LogP contribution < -0.4 is 5.73 Å². The largest absolute Gasteiger partial charge is 0.483 e. The van der Waals surface area contributed by atoms with Crippen LogP contribution in [0.3, 0.4) is 0 Å². The van der Waals surface area contributed by atoms with Crippen LogP contribution in [-0.2, 0) is 4.79 Å². The molecule has 2 heterocycles. The van der Waals surface area contributed by atoms with Crippen LogP contribution in [0, 0.1) is 3.57 Å². The molecule has 80 valence electrons. The molecule has 0 radical (unpaired) electrons. The molecule has 2 aromatic heterocycles. The van der Waals surface area contributed by atoms with Gasteiger partial charge in [-0.2, -0.15) is 0 Å². The van der Waals surface area contributed by atoms with Crippen molar-refractivity contribution in [2.24, 2.45) is 0 Å². The minimum absolute atomic E-state index is 0.250. The third-order valence-electron chi connectivity index (χ3n) is 1.51. The van der Waals surface area contributed by atoms with Gasteiger partial charge in [0, 0.05) is 6.20 Å². The van der Waals surface area contributed by atoms with E-state index in [0.29, 0.717) is 0 Å². The first kappa shape index (κ1) is 12.5. The van der Waals surface area contributed by atoms with Gasteiger partial charge in [-0.1, -0.05) is 11.6 Å². The molecule has 0 aliphatic carbocycles. The van der Waals surface area contributed by atoms with Gasteiger partial charge in [-0.05, 0) is 28.7 Å². The van der Waals surface area contributed by atoms with Crippen LogP contribution in [0.4, 0.5) is 5.69 Å². The van der Waals surface area contributed by atoms with Crippen molar-refractivity contribution in [2.75, 3.05) is 5.73 Å². The first-order valence-corrected chi connectivity index (χ1v) is 5.95. The maximum atomic E-state index is 8.36. The van der Waals surface area contributed by atoms with Crippen LogP contribution >= 0.6 is 45.5 Å². The minimum Gasteiger partial charge on any atom is -0.483 e. The molecule has 0 bridgehead atoms. The summed E-state index contributed by atoms with van der Waals surface area (Å²) in [4.78, 5) is 12.6. The molecule has 0 atom stereocenters. The fourth-order valence-corrected chi connectivity index (χ4v) is 3.00. The van der Waals surface area contributed by atoms with E-state index in [1.165, 1.54) is 11.3 Å². The van der Waals surface area contributed by atoms with E-state index in [-0.39, 0.29) is 6.47 Å². The molecule has 0 unspecified atom stereocenters. The Balaban J connectivity index is 0.000000337. The van der Waals surface area contributed by atoms with E-state index >= 15 is 0 Å². The molecule has 0 fully saturated rings. The van der Waals surface area contributed by atoms with E-state index in [9.17, 15) is 0 Å². The second-order valence-corrected chi connectivity index (χ2v) is 5.07. The van der Waals surface area contributed by atoms with Crippen LogP contribution in [0.15, 0.2) is 12.3 Å². The minimum atomic E-state index is -0.250. The fourth-order valence-electron chi connectivity index (χ4n) is 0.954. The maximum Gasteiger partial charge on any atom is 0.290 e. The van der Waals surface area contributed by atoms with Gasteiger partial charge in [-0.3, -0.25) is 9.78 Å². The summed E-state index contributed by atoms with van der Waals surface area (Å²) in [5.41, 5.74) is 7.40. The van der Waals surface area contributed by atoms with Crippen molar-refractivity contribution < 1.29 is 9.90 Å². The Morgan fingerprint density at radius 3 is 2.80 bits per heavy atom. The number of hydrogen-bond acceptors (Lipinski definition) is 4. The predicted octanol–water partition coefficient (Wildman–Crippen LogP) is 2.84. The third-order valence-corrected chi connectivity index (χ3v) is 4.68. The monoisotopic (exact) mass is 356 g/mol. The van der Waals surface area contributed by atoms with Gasteiger partial charge >= 0.3 is 0 Å². The van der Waals surface area contributed by atoms with Crippen molar-refractivity contribution in [1.82, 2.24) is 4.98 Å². The lowest BCUT2D eigenvalue weighted by atomic mass is 10.3. The van der Waals surface area contributed by atoms with Crippen molar-refractivity contribution in [3.8, 4) is 0 Å². The number of nitrogens with two attached hydrogens (primary N) is 1. The van der Waals surface area contributed by atoms with Crippen molar-refractivity contribution >= 4 is 67.9 Å². The lowest BCUT2D eigenvalue weighted by Crippen LogP contribution is -1.85. The highest BCUT2D eigenvalue weighted by molar-refractivity contribution is 14.1. The molecule has 4 nitrogen and oxygen atoms in total. The van der Waals surface area contributed by atoms with E-state index in [1.54, 1.807) is 12.3 Å². The summed E-state index contributed by atoms with van der Waals surface area (Å²) in [5, 5.41) is 6.89. The number of hydrogen-bond donors (Lipinski definition) is 2. The zero-order chi connectivity index (χ0) is 11.4. The summed E-state index contributed by atoms with van der Waals surface area (Å²) in [5.74, 6) is 0. The van der Waals surface area contributed by atoms with Gasteiger partial charge in [0.25, 0.3) is 6.47 Å². The summed E-state index contributed by atoms with van der Waals surface area (Å²) < 4.78 is 2.73. The second kappa shape index (κ2) is 5.47. The Labute approximate surface area is 108 Å². The van der Waals surface area contributed by atoms with Crippen molar-refractivity contribution in [3.63, 3.8) is 0 Å². The quantitative estimate of drug-likeness (QED) is 0.562. The number of nitrogen functional groups attached to an aromatic ring is 1. The Bertz CT molecular complexity index is 489. The second-order valence-electron chi connectivity index (χ2n) is 2.37. The number of nitrogens with zero attached hydrogens (tertiary/aromatic N) is 1. The summed E-state index contributed by atoms with van der Waals surface area (Å²) in [6, 6.07) is 1.78. The van der Waals surface area contributed by atoms with Crippen LogP contribution in [0.1, 0.15) is 0 Å². The average molecular weight is 357 g/mol. The first-order valence-electron chi connectivity index (χ1n) is 3.67. The lowest BCUT2D eigenvalue weighted by Gasteiger charge is -1.92. The molecular weight excluding hydrogens is 351 g/mol. The number of aromatic nitrogens is 1. The zero-order valence-electron chi connectivity index (χ0n) is 7.28. The smallest absolute Gasteiger partial charge is 0.290 e. The highest BCUT2D eigenvalue weighted by Gasteiger charge is 2.10. The normalized spacial score (nSPS) is 9.47. The first-order chi connectivity index (χ1) is 7.11. The number of rotatable bonds is 0. The Morgan fingerprint density at radius 1 is 1.67 bits per heavy atom. The molecule has 0 aliphatic rings. The maximum absolute atomic E-state index is 8.36. The molecular formula is C8H6ClIN2O2S. The Hall–Kier alpha value is -0.600. The molecule has 3 N–H and O–H groups in total. The lowest BCUT2D eigenvalue weighted by molar-refractivity contribution is -0.122. The summed E-state index contributed by atoms with van der Waals surface area (Å²) in [7, 11) is 0. The van der Waals surface area contributed by atoms with E-state index < -0.39 is 0 Å². The van der Waals surface area contributed by atoms with Gasteiger partial charge < -0.3 is 10.8 Å². The number of carboxylic acid groups (broad SMARTS) is 1. The topological polar surface area (TPSA) is 76.2 Å². The van der Waals surface area contributed by atoms with Crippen molar-refractivity contribution in [2.45, 2.75) is 0 Å². The molecule has 0 amide bonds. The van der Waals surface area contributed by atoms with E-state index in [0.717, 1.165) is 23.8 Å². The van der Waals surface area contributed by atoms with Gasteiger partial charge in [-0.15, -0.1) is 11.3 Å². The highest BCUT2D eigenvalue weighted by atomic mass is 127. The van der Waals surface area contributed by atoms with Crippen LogP contribution in [0.2, 0.25) is 4.34 Å². The zero-order valence-corrected chi connectivity index (χ0v) is 11.0. The standard InChI is InChI=1S/C7H4ClIN2S.CH2O2/c8-7-4(9)5-6(12-7)3(10)1-2-11-5;2-1-3/h1-2H,(H2,10,11);1H,(H,2,3). The van der Waals surface area contributed by atoms with Gasteiger partial charge in [-0.25, -0.2) is 0 Å². The predicted molar refractivity (Wildman–Crippen MR) is 70.5 cm³/mol. The van der Waals surface area contributed by atoms with Crippen molar-refractivity contribution in [3.05, 3.63) is 20.2 Å². The van der Waals surface area contributed by atoms with Gasteiger partial charge in [0.1, 0.15) is 4.34 Å². The Morgan fingerprint density at radius 2 is 2.27 bits per heavy atom. The third kappa shape index (κ3) is 2.70. The molecule has 2 rings (SSSR count). The molecule has 15 heavy (non-hydrogen) atoms. The Kier molecular flexibility index (Phi) is 4.55. The number of thiophene rings is 1. The van der Waals surface area contributed by atoms with Gasteiger partial charge in [0.15, 0.2) is 0 Å². The SMILES string of the molecule is Nc1ccnc2c(I)c(Cl)sc12.O=CO. The molecule has 0 aliphatic heterocycles. The average Bonchev–Trinajstić information content (AvgIpc) is 2.48. The molecule has 0 saturated heterocycles. The number of carbonyl (C=O) groups is 1. The molecule has 2 aromatic rings.